The summed E-state index contributed by atoms with van der Waals surface area (Å²) < 4.78 is 31.5. The Morgan fingerprint density at radius 3 is 2.48 bits per heavy atom. The average Bonchev–Trinajstić information content (AvgIpc) is 2.95. The molecule has 2 aromatic rings. The number of rotatable bonds is 4. The molecule has 2 aromatic carbocycles. The van der Waals surface area contributed by atoms with Crippen LogP contribution >= 0.6 is 0 Å². The number of hydrogen-bond acceptors (Lipinski definition) is 3. The van der Waals surface area contributed by atoms with E-state index in [0.717, 1.165) is 17.7 Å². The zero-order valence-electron chi connectivity index (χ0n) is 13.5. The van der Waals surface area contributed by atoms with Gasteiger partial charge in [0.05, 0.1) is 18.4 Å². The van der Waals surface area contributed by atoms with Crippen LogP contribution in [0.3, 0.4) is 0 Å². The van der Waals surface area contributed by atoms with Crippen LogP contribution in [0.15, 0.2) is 42.5 Å². The molecular weight excluding hydrogens is 330 g/mol. The lowest BCUT2D eigenvalue weighted by molar-refractivity contribution is 0.0600. The van der Waals surface area contributed by atoms with Gasteiger partial charge in [0.15, 0.2) is 0 Å². The van der Waals surface area contributed by atoms with E-state index in [9.17, 15) is 18.4 Å². The SMILES string of the molecule is COC(=O)c1ccc(CN2CCN(c3ccc(F)cc3F)C2=O)cc1. The van der Waals surface area contributed by atoms with Crippen LogP contribution in [0.25, 0.3) is 0 Å². The first-order valence-corrected chi connectivity index (χ1v) is 7.68. The van der Waals surface area contributed by atoms with Gasteiger partial charge in [0, 0.05) is 25.7 Å². The number of halogens is 2. The number of hydrogen-bond donors (Lipinski definition) is 0. The van der Waals surface area contributed by atoms with Crippen molar-refractivity contribution in [3.63, 3.8) is 0 Å². The number of nitrogens with zero attached hydrogens (tertiary/aromatic N) is 2. The zero-order valence-corrected chi connectivity index (χ0v) is 13.5. The van der Waals surface area contributed by atoms with Crippen LogP contribution in [0.2, 0.25) is 0 Å². The Morgan fingerprint density at radius 1 is 1.12 bits per heavy atom. The maximum atomic E-state index is 13.9. The van der Waals surface area contributed by atoms with Gasteiger partial charge in [-0.05, 0) is 29.8 Å². The monoisotopic (exact) mass is 346 g/mol. The van der Waals surface area contributed by atoms with Crippen molar-refractivity contribution in [1.82, 2.24) is 4.90 Å². The molecular formula is C18H16F2N2O3. The Hall–Kier alpha value is -2.96. The summed E-state index contributed by atoms with van der Waals surface area (Å²) >= 11 is 0. The minimum absolute atomic E-state index is 0.0648. The van der Waals surface area contributed by atoms with Crippen LogP contribution in [-0.2, 0) is 11.3 Å². The Labute approximate surface area is 143 Å². The third-order valence-corrected chi connectivity index (χ3v) is 4.04. The minimum atomic E-state index is -0.766. The van der Waals surface area contributed by atoms with E-state index in [1.165, 1.54) is 18.1 Å². The Kier molecular flexibility index (Phi) is 4.65. The van der Waals surface area contributed by atoms with E-state index in [2.05, 4.69) is 4.74 Å². The van der Waals surface area contributed by atoms with Crippen LogP contribution in [0.4, 0.5) is 19.3 Å². The van der Waals surface area contributed by atoms with Crippen molar-refractivity contribution in [1.29, 1.82) is 0 Å². The summed E-state index contributed by atoms with van der Waals surface area (Å²) in [5.41, 5.74) is 1.33. The molecule has 1 aliphatic rings. The largest absolute Gasteiger partial charge is 0.465 e. The van der Waals surface area contributed by atoms with Crippen LogP contribution in [0.5, 0.6) is 0 Å². The van der Waals surface area contributed by atoms with E-state index in [4.69, 9.17) is 0 Å². The molecule has 0 aromatic heterocycles. The number of esters is 1. The van der Waals surface area contributed by atoms with E-state index in [-0.39, 0.29) is 11.7 Å². The highest BCUT2D eigenvalue weighted by atomic mass is 19.1. The number of carbonyl (C=O) groups excluding carboxylic acids is 2. The van der Waals surface area contributed by atoms with E-state index < -0.39 is 17.6 Å². The van der Waals surface area contributed by atoms with Crippen LogP contribution in [0, 0.1) is 11.6 Å². The third-order valence-electron chi connectivity index (χ3n) is 4.04. The molecule has 0 aliphatic carbocycles. The first-order chi connectivity index (χ1) is 12.0. The van der Waals surface area contributed by atoms with Crippen molar-refractivity contribution in [3.05, 3.63) is 65.2 Å². The van der Waals surface area contributed by atoms with Gasteiger partial charge in [0.2, 0.25) is 0 Å². The molecule has 1 saturated heterocycles. The molecule has 0 bridgehead atoms. The molecule has 0 spiro atoms. The Balaban J connectivity index is 1.71. The van der Waals surface area contributed by atoms with Gasteiger partial charge in [0.25, 0.3) is 0 Å². The van der Waals surface area contributed by atoms with Crippen LogP contribution < -0.4 is 4.90 Å². The fraction of sp³-hybridized carbons (Fsp3) is 0.222. The maximum absolute atomic E-state index is 13.9. The smallest absolute Gasteiger partial charge is 0.337 e. The lowest BCUT2D eigenvalue weighted by Gasteiger charge is -2.19. The highest BCUT2D eigenvalue weighted by molar-refractivity contribution is 5.94. The number of ether oxygens (including phenoxy) is 1. The van der Waals surface area contributed by atoms with Gasteiger partial charge >= 0.3 is 12.0 Å². The predicted octanol–water partition coefficient (Wildman–Crippen LogP) is 3.19. The molecule has 3 rings (SSSR count). The first kappa shape index (κ1) is 16.9. The highest BCUT2D eigenvalue weighted by Gasteiger charge is 2.31. The maximum Gasteiger partial charge on any atom is 0.337 e. The molecule has 7 heteroatoms. The summed E-state index contributed by atoms with van der Waals surface area (Å²) in [5, 5.41) is 0. The number of amides is 2. The minimum Gasteiger partial charge on any atom is -0.465 e. The molecule has 0 radical (unpaired) electrons. The Morgan fingerprint density at radius 2 is 1.84 bits per heavy atom. The van der Waals surface area contributed by atoms with Crippen LogP contribution in [0.1, 0.15) is 15.9 Å². The van der Waals surface area contributed by atoms with Gasteiger partial charge in [-0.25, -0.2) is 18.4 Å². The van der Waals surface area contributed by atoms with Crippen molar-refractivity contribution in [3.8, 4) is 0 Å². The van der Waals surface area contributed by atoms with Crippen LogP contribution in [-0.4, -0.2) is 37.1 Å². The van der Waals surface area contributed by atoms with Crippen molar-refractivity contribution in [2.24, 2.45) is 0 Å². The summed E-state index contributed by atoms with van der Waals surface area (Å²) in [4.78, 5) is 26.8. The fourth-order valence-electron chi connectivity index (χ4n) is 2.74. The second kappa shape index (κ2) is 6.88. The van der Waals surface area contributed by atoms with Crippen molar-refractivity contribution in [2.45, 2.75) is 6.54 Å². The fourth-order valence-corrected chi connectivity index (χ4v) is 2.74. The summed E-state index contributed by atoms with van der Waals surface area (Å²) in [6, 6.07) is 9.52. The lowest BCUT2D eigenvalue weighted by atomic mass is 10.1. The molecule has 130 valence electrons. The number of urea groups is 1. The second-order valence-corrected chi connectivity index (χ2v) is 5.64. The zero-order chi connectivity index (χ0) is 18.0. The lowest BCUT2D eigenvalue weighted by Crippen LogP contribution is -2.32. The van der Waals surface area contributed by atoms with Crippen molar-refractivity contribution in [2.75, 3.05) is 25.1 Å². The van der Waals surface area contributed by atoms with Gasteiger partial charge in [-0.2, -0.15) is 0 Å². The molecule has 2 amide bonds. The quantitative estimate of drug-likeness (QED) is 0.799. The molecule has 0 unspecified atom stereocenters. The molecule has 0 N–H and O–H groups in total. The van der Waals surface area contributed by atoms with Gasteiger partial charge in [0.1, 0.15) is 11.6 Å². The number of carbonyl (C=O) groups is 2. The van der Waals surface area contributed by atoms with E-state index in [1.54, 1.807) is 29.2 Å². The molecule has 5 nitrogen and oxygen atoms in total. The predicted molar refractivity (Wildman–Crippen MR) is 87.3 cm³/mol. The molecule has 0 atom stereocenters. The van der Waals surface area contributed by atoms with E-state index >= 15 is 0 Å². The van der Waals surface area contributed by atoms with Gasteiger partial charge in [-0.1, -0.05) is 12.1 Å². The topological polar surface area (TPSA) is 49.9 Å². The van der Waals surface area contributed by atoms with Crippen molar-refractivity contribution < 1.29 is 23.1 Å². The first-order valence-electron chi connectivity index (χ1n) is 7.68. The highest BCUT2D eigenvalue weighted by Crippen LogP contribution is 2.25. The van der Waals surface area contributed by atoms with E-state index in [1.807, 2.05) is 0 Å². The number of benzene rings is 2. The molecule has 1 heterocycles. The summed E-state index contributed by atoms with van der Waals surface area (Å²) in [6.45, 7) is 1.08. The van der Waals surface area contributed by atoms with Crippen molar-refractivity contribution >= 4 is 17.7 Å². The normalized spacial score (nSPS) is 14.1. The standard InChI is InChI=1S/C18H16F2N2O3/c1-25-17(23)13-4-2-12(3-5-13)11-21-8-9-22(18(21)24)16-7-6-14(19)10-15(16)20/h2-7,10H,8-9,11H2,1H3. The summed E-state index contributed by atoms with van der Waals surface area (Å²) in [6.07, 6.45) is 0. The summed E-state index contributed by atoms with van der Waals surface area (Å²) in [7, 11) is 1.31. The Bertz CT molecular complexity index is 808. The second-order valence-electron chi connectivity index (χ2n) is 5.64. The van der Waals surface area contributed by atoms with Gasteiger partial charge in [-0.3, -0.25) is 4.90 Å². The average molecular weight is 346 g/mol. The molecule has 1 fully saturated rings. The van der Waals surface area contributed by atoms with Gasteiger partial charge in [-0.15, -0.1) is 0 Å². The molecule has 1 aliphatic heterocycles. The van der Waals surface area contributed by atoms with E-state index in [0.29, 0.717) is 25.2 Å². The number of methoxy groups -OCH3 is 1. The third kappa shape index (κ3) is 3.45. The summed E-state index contributed by atoms with van der Waals surface area (Å²) in [5.74, 6) is -1.88. The molecule has 25 heavy (non-hydrogen) atoms. The number of anilines is 1. The molecule has 0 saturated carbocycles. The van der Waals surface area contributed by atoms with Gasteiger partial charge < -0.3 is 9.64 Å².